The lowest BCUT2D eigenvalue weighted by Crippen LogP contribution is -2.42. The van der Waals surface area contributed by atoms with Crippen molar-refractivity contribution in [2.24, 2.45) is 5.92 Å². The average molecular weight is 420 g/mol. The molecule has 1 heterocycles. The maximum Gasteiger partial charge on any atom is 0.339 e. The molecule has 1 aromatic heterocycles. The van der Waals surface area contributed by atoms with Crippen molar-refractivity contribution >= 4 is 22.0 Å². The smallest absolute Gasteiger partial charge is 0.339 e. The Morgan fingerprint density at radius 3 is 2.28 bits per heavy atom. The van der Waals surface area contributed by atoms with E-state index in [1.165, 1.54) is 37.6 Å². The minimum atomic E-state index is -3.94. The van der Waals surface area contributed by atoms with Gasteiger partial charge in [0.05, 0.1) is 30.2 Å². The van der Waals surface area contributed by atoms with Gasteiger partial charge in [0.2, 0.25) is 0 Å². The van der Waals surface area contributed by atoms with Gasteiger partial charge >= 0.3 is 5.97 Å². The zero-order valence-corrected chi connectivity index (χ0v) is 17.5. The van der Waals surface area contributed by atoms with Gasteiger partial charge < -0.3 is 10.1 Å². The third-order valence-corrected chi connectivity index (χ3v) is 5.55. The van der Waals surface area contributed by atoms with Crippen LogP contribution in [0.5, 0.6) is 0 Å². The number of carbonyl (C=O) groups excluding carboxylic acids is 2. The number of esters is 1. The summed E-state index contributed by atoms with van der Waals surface area (Å²) in [5.74, 6) is -1.16. The Labute approximate surface area is 170 Å². The van der Waals surface area contributed by atoms with Crippen LogP contribution in [0.25, 0.3) is 0 Å². The van der Waals surface area contributed by atoms with E-state index in [0.717, 1.165) is 5.56 Å². The molecule has 1 amide bonds. The highest BCUT2D eigenvalue weighted by Gasteiger charge is 2.23. The van der Waals surface area contributed by atoms with Gasteiger partial charge in [-0.05, 0) is 37.1 Å². The van der Waals surface area contributed by atoms with Gasteiger partial charge in [0.1, 0.15) is 5.69 Å². The minimum Gasteiger partial charge on any atom is -0.465 e. The molecule has 0 fully saturated rings. The number of rotatable bonds is 8. The Morgan fingerprint density at radius 1 is 1.10 bits per heavy atom. The Morgan fingerprint density at radius 2 is 1.76 bits per heavy atom. The molecule has 0 saturated heterocycles. The first-order valence-corrected chi connectivity index (χ1v) is 10.4. The molecule has 9 heteroatoms. The molecule has 2 rings (SSSR count). The second-order valence-corrected chi connectivity index (χ2v) is 8.41. The van der Waals surface area contributed by atoms with Crippen LogP contribution in [0.4, 0.5) is 0 Å². The van der Waals surface area contributed by atoms with Crippen LogP contribution in [0.1, 0.15) is 40.3 Å². The van der Waals surface area contributed by atoms with E-state index in [2.05, 4.69) is 15.0 Å². The van der Waals surface area contributed by atoms with Gasteiger partial charge in [0.25, 0.3) is 16.0 Å². The fraction of sp³-hybridized carbons (Fsp3) is 0.350. The van der Waals surface area contributed by atoms with E-state index in [4.69, 9.17) is 4.18 Å². The van der Waals surface area contributed by atoms with Crippen LogP contribution in [-0.4, -0.2) is 45.0 Å². The van der Waals surface area contributed by atoms with Crippen LogP contribution < -0.4 is 5.32 Å². The van der Waals surface area contributed by atoms with E-state index >= 15 is 0 Å². The minimum absolute atomic E-state index is 0.0528. The van der Waals surface area contributed by atoms with E-state index in [-0.39, 0.29) is 28.7 Å². The molecule has 0 aliphatic rings. The van der Waals surface area contributed by atoms with E-state index < -0.39 is 28.0 Å². The summed E-state index contributed by atoms with van der Waals surface area (Å²) in [6.07, 6.45) is 1.24. The number of nitrogens with zero attached hydrogens (tertiary/aromatic N) is 1. The van der Waals surface area contributed by atoms with Gasteiger partial charge in [-0.15, -0.1) is 0 Å². The number of carbonyl (C=O) groups is 2. The molecule has 2 aromatic rings. The summed E-state index contributed by atoms with van der Waals surface area (Å²) < 4.78 is 34.5. The standard InChI is InChI=1S/C20H24N2O6S/c1-13(2)18(12-28-29(25,26)16-8-5-14(3)6-9-16)22-19(23)17-10-7-15(11-21-17)20(24)27-4/h5-11,13,18H,12H2,1-4H3,(H,22,23)/t18-/m1/s1. The zero-order chi connectivity index (χ0) is 21.6. The number of hydrogen-bond donors (Lipinski definition) is 1. The first kappa shape index (κ1) is 22.5. The molecule has 0 spiro atoms. The van der Waals surface area contributed by atoms with Crippen molar-refractivity contribution in [3.8, 4) is 0 Å². The number of aromatic nitrogens is 1. The molecule has 0 unspecified atom stereocenters. The quantitative estimate of drug-likeness (QED) is 0.515. The lowest BCUT2D eigenvalue weighted by atomic mass is 10.1. The number of amides is 1. The second-order valence-electron chi connectivity index (χ2n) is 6.80. The summed E-state index contributed by atoms with van der Waals surface area (Å²) in [5.41, 5.74) is 1.24. The molecule has 1 aromatic carbocycles. The van der Waals surface area contributed by atoms with Gasteiger partial charge in [-0.1, -0.05) is 31.5 Å². The fourth-order valence-corrected chi connectivity index (χ4v) is 3.28. The number of hydrogen-bond acceptors (Lipinski definition) is 7. The summed E-state index contributed by atoms with van der Waals surface area (Å²) in [7, 11) is -2.69. The maximum absolute atomic E-state index is 12.4. The number of pyridine rings is 1. The van der Waals surface area contributed by atoms with Crippen molar-refractivity contribution < 1.29 is 26.9 Å². The van der Waals surface area contributed by atoms with Gasteiger partial charge in [0.15, 0.2) is 0 Å². The maximum atomic E-state index is 12.4. The number of aryl methyl sites for hydroxylation is 1. The van der Waals surface area contributed by atoms with Crippen molar-refractivity contribution in [1.82, 2.24) is 10.3 Å². The van der Waals surface area contributed by atoms with Crippen LogP contribution in [0.2, 0.25) is 0 Å². The SMILES string of the molecule is COC(=O)c1ccc(C(=O)N[C@H](COS(=O)(=O)c2ccc(C)cc2)C(C)C)nc1. The number of ether oxygens (including phenoxy) is 1. The van der Waals surface area contributed by atoms with Crippen molar-refractivity contribution in [1.29, 1.82) is 0 Å². The Balaban J connectivity index is 2.05. The Hall–Kier alpha value is -2.78. The van der Waals surface area contributed by atoms with Crippen molar-refractivity contribution in [3.63, 3.8) is 0 Å². The van der Waals surface area contributed by atoms with Crippen LogP contribution in [0.15, 0.2) is 47.5 Å². The van der Waals surface area contributed by atoms with Crippen LogP contribution in [-0.2, 0) is 19.0 Å². The molecule has 0 bridgehead atoms. The van der Waals surface area contributed by atoms with Gasteiger partial charge in [-0.25, -0.2) is 4.79 Å². The molecule has 29 heavy (non-hydrogen) atoms. The predicted molar refractivity (Wildman–Crippen MR) is 106 cm³/mol. The third-order valence-electron chi connectivity index (χ3n) is 4.25. The molecule has 1 N–H and O–H groups in total. The molecule has 0 saturated carbocycles. The van der Waals surface area contributed by atoms with Crippen LogP contribution in [0, 0.1) is 12.8 Å². The Bertz CT molecular complexity index is 953. The Kier molecular flexibility index (Phi) is 7.46. The van der Waals surface area contributed by atoms with E-state index in [1.54, 1.807) is 12.1 Å². The summed E-state index contributed by atoms with van der Waals surface area (Å²) >= 11 is 0. The summed E-state index contributed by atoms with van der Waals surface area (Å²) in [5, 5.41) is 2.72. The number of benzene rings is 1. The second kappa shape index (κ2) is 9.62. The summed E-state index contributed by atoms with van der Waals surface area (Å²) in [4.78, 5) is 27.9. The largest absolute Gasteiger partial charge is 0.465 e. The van der Waals surface area contributed by atoms with Crippen molar-refractivity contribution in [2.45, 2.75) is 31.7 Å². The highest BCUT2D eigenvalue weighted by molar-refractivity contribution is 7.86. The fourth-order valence-electron chi connectivity index (χ4n) is 2.35. The summed E-state index contributed by atoms with van der Waals surface area (Å²) in [6, 6.07) is 8.56. The first-order valence-electron chi connectivity index (χ1n) is 8.95. The van der Waals surface area contributed by atoms with Gasteiger partial charge in [-0.3, -0.25) is 14.0 Å². The number of nitrogens with one attached hydrogen (secondary N) is 1. The van der Waals surface area contributed by atoms with E-state index in [9.17, 15) is 18.0 Å². The molecule has 0 aliphatic heterocycles. The van der Waals surface area contributed by atoms with Crippen LogP contribution >= 0.6 is 0 Å². The molecule has 0 aliphatic carbocycles. The molecular weight excluding hydrogens is 396 g/mol. The van der Waals surface area contributed by atoms with Crippen molar-refractivity contribution in [2.75, 3.05) is 13.7 Å². The normalized spacial score (nSPS) is 12.4. The highest BCUT2D eigenvalue weighted by atomic mass is 32.2. The topological polar surface area (TPSA) is 112 Å². The zero-order valence-electron chi connectivity index (χ0n) is 16.7. The highest BCUT2D eigenvalue weighted by Crippen LogP contribution is 2.15. The monoisotopic (exact) mass is 420 g/mol. The molecule has 8 nitrogen and oxygen atoms in total. The molecular formula is C20H24N2O6S. The molecule has 1 atom stereocenters. The average Bonchev–Trinajstić information content (AvgIpc) is 2.70. The molecule has 156 valence electrons. The van der Waals surface area contributed by atoms with Gasteiger partial charge in [-0.2, -0.15) is 8.42 Å². The molecule has 0 radical (unpaired) electrons. The lowest BCUT2D eigenvalue weighted by molar-refractivity contribution is 0.0599. The van der Waals surface area contributed by atoms with E-state index in [1.807, 2.05) is 20.8 Å². The lowest BCUT2D eigenvalue weighted by Gasteiger charge is -2.22. The number of methoxy groups -OCH3 is 1. The predicted octanol–water partition coefficient (Wildman–Crippen LogP) is 2.34. The van der Waals surface area contributed by atoms with Crippen LogP contribution in [0.3, 0.4) is 0 Å². The van der Waals surface area contributed by atoms with E-state index in [0.29, 0.717) is 0 Å². The van der Waals surface area contributed by atoms with Gasteiger partial charge in [0, 0.05) is 6.20 Å². The third kappa shape index (κ3) is 6.10. The first-order chi connectivity index (χ1) is 13.6. The van der Waals surface area contributed by atoms with Crippen molar-refractivity contribution in [3.05, 3.63) is 59.4 Å². The summed E-state index contributed by atoms with van der Waals surface area (Å²) in [6.45, 7) is 5.30.